The van der Waals surface area contributed by atoms with Crippen molar-refractivity contribution < 1.29 is 9.18 Å². The third-order valence-electron chi connectivity index (χ3n) is 3.61. The fraction of sp³-hybridized carbons (Fsp3) is 0.500. The van der Waals surface area contributed by atoms with Crippen LogP contribution in [0.4, 0.5) is 4.39 Å². The van der Waals surface area contributed by atoms with E-state index in [4.69, 9.17) is 23.2 Å². The van der Waals surface area contributed by atoms with Crippen LogP contribution in [0.3, 0.4) is 0 Å². The molecule has 0 saturated heterocycles. The predicted octanol–water partition coefficient (Wildman–Crippen LogP) is 4.01. The van der Waals surface area contributed by atoms with Gasteiger partial charge in [0.25, 0.3) is 5.91 Å². The van der Waals surface area contributed by atoms with E-state index in [-0.39, 0.29) is 17.0 Å². The van der Waals surface area contributed by atoms with Crippen molar-refractivity contribution in [2.75, 3.05) is 5.88 Å². The lowest BCUT2D eigenvalue weighted by molar-refractivity contribution is 0.0910. The van der Waals surface area contributed by atoms with E-state index in [9.17, 15) is 9.18 Å². The van der Waals surface area contributed by atoms with Gasteiger partial charge in [-0.15, -0.1) is 11.6 Å². The number of carbonyl (C=O) groups is 1. The lowest BCUT2D eigenvalue weighted by atomic mass is 9.85. The SMILES string of the molecule is O=C(NC1CCCCC1CCl)c1ccc(Cl)c(F)c1. The van der Waals surface area contributed by atoms with Crippen LogP contribution in [-0.2, 0) is 0 Å². The molecule has 1 aromatic rings. The molecule has 2 rings (SSSR count). The minimum absolute atomic E-state index is 0.0212. The second-order valence-electron chi connectivity index (χ2n) is 4.91. The van der Waals surface area contributed by atoms with E-state index in [2.05, 4.69) is 5.32 Å². The van der Waals surface area contributed by atoms with E-state index < -0.39 is 5.82 Å². The number of amides is 1. The fourth-order valence-corrected chi connectivity index (χ4v) is 2.96. The third-order valence-corrected chi connectivity index (χ3v) is 4.31. The van der Waals surface area contributed by atoms with Gasteiger partial charge in [-0.25, -0.2) is 4.39 Å². The maximum Gasteiger partial charge on any atom is 0.251 e. The Bertz CT molecular complexity index is 467. The first kappa shape index (κ1) is 14.6. The summed E-state index contributed by atoms with van der Waals surface area (Å²) in [5, 5.41) is 2.97. The van der Waals surface area contributed by atoms with E-state index in [1.807, 2.05) is 0 Å². The van der Waals surface area contributed by atoms with E-state index >= 15 is 0 Å². The fourth-order valence-electron chi connectivity index (χ4n) is 2.47. The molecule has 0 bridgehead atoms. The molecule has 19 heavy (non-hydrogen) atoms. The standard InChI is InChI=1S/C14H16Cl2FNO/c15-8-10-3-1-2-4-13(10)18-14(19)9-5-6-11(16)12(17)7-9/h5-7,10,13H,1-4,8H2,(H,18,19). The van der Waals surface area contributed by atoms with Crippen LogP contribution in [0.5, 0.6) is 0 Å². The Labute approximate surface area is 122 Å². The second-order valence-corrected chi connectivity index (χ2v) is 5.62. The van der Waals surface area contributed by atoms with Crippen molar-refractivity contribution in [1.29, 1.82) is 0 Å². The lowest BCUT2D eigenvalue weighted by Crippen LogP contribution is -2.42. The van der Waals surface area contributed by atoms with Crippen LogP contribution in [0.25, 0.3) is 0 Å². The van der Waals surface area contributed by atoms with Crippen LogP contribution in [0, 0.1) is 11.7 Å². The van der Waals surface area contributed by atoms with Gasteiger partial charge in [0.15, 0.2) is 0 Å². The van der Waals surface area contributed by atoms with Gasteiger partial charge in [-0.2, -0.15) is 0 Å². The van der Waals surface area contributed by atoms with Crippen LogP contribution < -0.4 is 5.32 Å². The Kier molecular flexibility index (Phi) is 5.06. The maximum absolute atomic E-state index is 13.3. The smallest absolute Gasteiger partial charge is 0.251 e. The van der Waals surface area contributed by atoms with Gasteiger partial charge < -0.3 is 5.32 Å². The summed E-state index contributed by atoms with van der Waals surface area (Å²) in [4.78, 5) is 12.1. The molecule has 0 radical (unpaired) electrons. The van der Waals surface area contributed by atoms with E-state index in [1.165, 1.54) is 12.1 Å². The first-order chi connectivity index (χ1) is 9.11. The molecule has 1 aliphatic carbocycles. The van der Waals surface area contributed by atoms with Gasteiger partial charge in [0.1, 0.15) is 5.82 Å². The third kappa shape index (κ3) is 3.61. The number of rotatable bonds is 3. The van der Waals surface area contributed by atoms with Gasteiger partial charge in [0.2, 0.25) is 0 Å². The van der Waals surface area contributed by atoms with E-state index in [0.29, 0.717) is 17.4 Å². The quantitative estimate of drug-likeness (QED) is 0.840. The molecule has 0 aliphatic heterocycles. The molecule has 1 saturated carbocycles. The predicted molar refractivity (Wildman–Crippen MR) is 75.3 cm³/mol. The minimum atomic E-state index is -0.577. The van der Waals surface area contributed by atoms with E-state index in [0.717, 1.165) is 31.7 Å². The Balaban J connectivity index is 2.05. The average Bonchev–Trinajstić information content (AvgIpc) is 2.42. The zero-order valence-electron chi connectivity index (χ0n) is 10.5. The Morgan fingerprint density at radius 1 is 1.37 bits per heavy atom. The molecular weight excluding hydrogens is 288 g/mol. The van der Waals surface area contributed by atoms with Crippen LogP contribution in [0.1, 0.15) is 36.0 Å². The van der Waals surface area contributed by atoms with Crippen molar-refractivity contribution in [2.24, 2.45) is 5.92 Å². The van der Waals surface area contributed by atoms with Crippen LogP contribution >= 0.6 is 23.2 Å². The highest BCUT2D eigenvalue weighted by Gasteiger charge is 2.26. The van der Waals surface area contributed by atoms with Crippen LogP contribution in [-0.4, -0.2) is 17.8 Å². The number of nitrogens with one attached hydrogen (secondary N) is 1. The number of alkyl halides is 1. The van der Waals surface area contributed by atoms with Gasteiger partial charge in [0.05, 0.1) is 5.02 Å². The molecule has 1 aliphatic rings. The topological polar surface area (TPSA) is 29.1 Å². The monoisotopic (exact) mass is 303 g/mol. The summed E-state index contributed by atoms with van der Waals surface area (Å²) in [5.41, 5.74) is 0.292. The molecule has 5 heteroatoms. The molecule has 0 aromatic heterocycles. The zero-order valence-corrected chi connectivity index (χ0v) is 12.0. The molecule has 1 fully saturated rings. The van der Waals surface area contributed by atoms with Gasteiger partial charge in [-0.1, -0.05) is 24.4 Å². The number of halogens is 3. The van der Waals surface area contributed by atoms with Crippen LogP contribution in [0.15, 0.2) is 18.2 Å². The minimum Gasteiger partial charge on any atom is -0.349 e. The van der Waals surface area contributed by atoms with Crippen molar-refractivity contribution in [3.05, 3.63) is 34.6 Å². The van der Waals surface area contributed by atoms with Gasteiger partial charge in [0, 0.05) is 17.5 Å². The largest absolute Gasteiger partial charge is 0.349 e. The zero-order chi connectivity index (χ0) is 13.8. The summed E-state index contributed by atoms with van der Waals surface area (Å²) in [6, 6.07) is 4.17. The van der Waals surface area contributed by atoms with Crippen molar-refractivity contribution in [1.82, 2.24) is 5.32 Å². The summed E-state index contributed by atoms with van der Waals surface area (Å²) < 4.78 is 13.3. The Morgan fingerprint density at radius 3 is 2.79 bits per heavy atom. The first-order valence-corrected chi connectivity index (χ1v) is 7.35. The molecular formula is C14H16Cl2FNO. The summed E-state index contributed by atoms with van der Waals surface area (Å²) in [6.45, 7) is 0. The Hall–Kier alpha value is -0.800. The number of benzene rings is 1. The van der Waals surface area contributed by atoms with E-state index in [1.54, 1.807) is 0 Å². The molecule has 1 aromatic carbocycles. The summed E-state index contributed by atoms with van der Waals surface area (Å²) in [7, 11) is 0. The lowest BCUT2D eigenvalue weighted by Gasteiger charge is -2.30. The number of hydrogen-bond acceptors (Lipinski definition) is 1. The highest BCUT2D eigenvalue weighted by atomic mass is 35.5. The molecule has 2 atom stereocenters. The van der Waals surface area contributed by atoms with Crippen molar-refractivity contribution in [2.45, 2.75) is 31.7 Å². The second kappa shape index (κ2) is 6.58. The van der Waals surface area contributed by atoms with Crippen molar-refractivity contribution in [3.63, 3.8) is 0 Å². The average molecular weight is 304 g/mol. The molecule has 0 spiro atoms. The number of carbonyl (C=O) groups excluding carboxylic acids is 1. The summed E-state index contributed by atoms with van der Waals surface area (Å²) in [5.74, 6) is 0.000807. The van der Waals surface area contributed by atoms with Crippen LogP contribution in [0.2, 0.25) is 5.02 Å². The molecule has 2 unspecified atom stereocenters. The highest BCUT2D eigenvalue weighted by Crippen LogP contribution is 2.26. The molecule has 1 N–H and O–H groups in total. The normalized spacial score (nSPS) is 23.1. The van der Waals surface area contributed by atoms with Gasteiger partial charge in [-0.3, -0.25) is 4.79 Å². The van der Waals surface area contributed by atoms with Gasteiger partial charge >= 0.3 is 0 Å². The first-order valence-electron chi connectivity index (χ1n) is 6.43. The number of hydrogen-bond donors (Lipinski definition) is 1. The molecule has 1 amide bonds. The summed E-state index contributed by atoms with van der Waals surface area (Å²) >= 11 is 11.5. The van der Waals surface area contributed by atoms with Crippen molar-refractivity contribution >= 4 is 29.1 Å². The van der Waals surface area contributed by atoms with Gasteiger partial charge in [-0.05, 0) is 37.0 Å². The highest BCUT2D eigenvalue weighted by molar-refractivity contribution is 6.30. The Morgan fingerprint density at radius 2 is 2.11 bits per heavy atom. The summed E-state index contributed by atoms with van der Waals surface area (Å²) in [6.07, 6.45) is 4.20. The maximum atomic E-state index is 13.3. The molecule has 104 valence electrons. The molecule has 0 heterocycles. The van der Waals surface area contributed by atoms with Crippen molar-refractivity contribution in [3.8, 4) is 0 Å². The molecule has 2 nitrogen and oxygen atoms in total.